The summed E-state index contributed by atoms with van der Waals surface area (Å²) in [5, 5.41) is 10.8. The number of carbonyl (C=O) groups is 1. The van der Waals surface area contributed by atoms with Crippen LogP contribution >= 0.6 is 23.1 Å². The van der Waals surface area contributed by atoms with Gasteiger partial charge in [-0.15, -0.1) is 16.8 Å². The van der Waals surface area contributed by atoms with Crippen LogP contribution < -0.4 is 9.62 Å². The molecular weight excluding hydrogens is 392 g/mol. The Morgan fingerprint density at radius 3 is 2.62 bits per heavy atom. The molecule has 0 saturated heterocycles. The van der Waals surface area contributed by atoms with E-state index in [-0.39, 0.29) is 6.54 Å². The van der Waals surface area contributed by atoms with Gasteiger partial charge in [0.25, 0.3) is 0 Å². The van der Waals surface area contributed by atoms with Crippen LogP contribution in [0.4, 0.5) is 10.8 Å². The molecule has 1 amide bonds. The summed E-state index contributed by atoms with van der Waals surface area (Å²) in [7, 11) is -3.61. The molecule has 2 rings (SSSR count). The SMILES string of the molecule is C=CCSc1nnc(NC(=O)CN(c2ccc(CC)cc2)S(C)(=O)=O)s1. The van der Waals surface area contributed by atoms with Gasteiger partial charge in [-0.2, -0.15) is 0 Å². The van der Waals surface area contributed by atoms with Crippen LogP contribution in [0.3, 0.4) is 0 Å². The van der Waals surface area contributed by atoms with Crippen LogP contribution in [0.1, 0.15) is 12.5 Å². The number of thioether (sulfide) groups is 1. The van der Waals surface area contributed by atoms with E-state index in [2.05, 4.69) is 22.1 Å². The highest BCUT2D eigenvalue weighted by Crippen LogP contribution is 2.25. The summed E-state index contributed by atoms with van der Waals surface area (Å²) in [5.41, 5.74) is 1.53. The molecule has 0 atom stereocenters. The molecule has 10 heteroatoms. The van der Waals surface area contributed by atoms with Gasteiger partial charge in [-0.3, -0.25) is 14.4 Å². The summed E-state index contributed by atoms with van der Waals surface area (Å²) >= 11 is 2.69. The van der Waals surface area contributed by atoms with Gasteiger partial charge in [0, 0.05) is 5.75 Å². The van der Waals surface area contributed by atoms with E-state index < -0.39 is 15.9 Å². The first-order valence-electron chi connectivity index (χ1n) is 7.77. The number of nitrogens with zero attached hydrogens (tertiary/aromatic N) is 3. The monoisotopic (exact) mass is 412 g/mol. The summed E-state index contributed by atoms with van der Waals surface area (Å²) < 4.78 is 26.0. The minimum atomic E-state index is -3.61. The van der Waals surface area contributed by atoms with Crippen LogP contribution in [-0.4, -0.2) is 43.1 Å². The van der Waals surface area contributed by atoms with Gasteiger partial charge in [-0.1, -0.05) is 48.2 Å². The maximum atomic E-state index is 12.3. The van der Waals surface area contributed by atoms with Crippen molar-refractivity contribution in [2.24, 2.45) is 0 Å². The van der Waals surface area contributed by atoms with E-state index >= 15 is 0 Å². The normalized spacial score (nSPS) is 11.2. The van der Waals surface area contributed by atoms with Crippen LogP contribution in [-0.2, 0) is 21.2 Å². The second-order valence-electron chi connectivity index (χ2n) is 5.31. The first kappa shape index (κ1) is 20.4. The fraction of sp³-hybridized carbons (Fsp3) is 0.312. The fourth-order valence-corrected chi connectivity index (χ4v) is 4.42. The lowest BCUT2D eigenvalue weighted by atomic mass is 10.1. The minimum Gasteiger partial charge on any atom is -0.299 e. The number of amides is 1. The summed E-state index contributed by atoms with van der Waals surface area (Å²) in [6.45, 7) is 5.31. The second kappa shape index (κ2) is 9.15. The second-order valence-corrected chi connectivity index (χ2v) is 9.46. The van der Waals surface area contributed by atoms with E-state index in [1.54, 1.807) is 18.2 Å². The number of carbonyl (C=O) groups excluding carboxylic acids is 1. The number of rotatable bonds is 9. The molecule has 0 radical (unpaired) electrons. The van der Waals surface area contributed by atoms with E-state index in [0.29, 0.717) is 20.9 Å². The molecule has 140 valence electrons. The molecule has 0 unspecified atom stereocenters. The highest BCUT2D eigenvalue weighted by molar-refractivity contribution is 8.01. The van der Waals surface area contributed by atoms with E-state index in [0.717, 1.165) is 22.5 Å². The molecule has 0 aliphatic heterocycles. The molecule has 1 heterocycles. The summed E-state index contributed by atoms with van der Waals surface area (Å²) in [6, 6.07) is 7.09. The van der Waals surface area contributed by atoms with Gasteiger partial charge in [0.1, 0.15) is 6.54 Å². The lowest BCUT2D eigenvalue weighted by molar-refractivity contribution is -0.114. The quantitative estimate of drug-likeness (QED) is 0.387. The van der Waals surface area contributed by atoms with E-state index in [1.165, 1.54) is 23.1 Å². The third-order valence-electron chi connectivity index (χ3n) is 3.30. The lowest BCUT2D eigenvalue weighted by Crippen LogP contribution is -2.37. The average molecular weight is 413 g/mol. The molecule has 7 nitrogen and oxygen atoms in total. The predicted octanol–water partition coefficient (Wildman–Crippen LogP) is 2.78. The Bertz CT molecular complexity index is 863. The first-order chi connectivity index (χ1) is 12.3. The number of aryl methyl sites for hydroxylation is 1. The van der Waals surface area contributed by atoms with Crippen molar-refractivity contribution in [3.8, 4) is 0 Å². The molecule has 1 aromatic heterocycles. The number of hydrogen-bond acceptors (Lipinski definition) is 7. The van der Waals surface area contributed by atoms with Crippen molar-refractivity contribution in [3.05, 3.63) is 42.5 Å². The largest absolute Gasteiger partial charge is 0.299 e. The molecule has 1 aromatic carbocycles. The zero-order chi connectivity index (χ0) is 19.2. The number of hydrogen-bond donors (Lipinski definition) is 1. The maximum absolute atomic E-state index is 12.3. The van der Waals surface area contributed by atoms with Crippen molar-refractivity contribution in [3.63, 3.8) is 0 Å². The third-order valence-corrected chi connectivity index (χ3v) is 6.41. The Labute approximate surface area is 161 Å². The molecule has 0 fully saturated rings. The summed E-state index contributed by atoms with van der Waals surface area (Å²) in [4.78, 5) is 12.3. The van der Waals surface area contributed by atoms with Crippen molar-refractivity contribution < 1.29 is 13.2 Å². The molecule has 1 N–H and O–H groups in total. The minimum absolute atomic E-state index is 0.330. The molecule has 0 aliphatic carbocycles. The molecule has 0 saturated carbocycles. The molecule has 2 aromatic rings. The highest BCUT2D eigenvalue weighted by Gasteiger charge is 2.21. The topological polar surface area (TPSA) is 92.3 Å². The number of anilines is 2. The van der Waals surface area contributed by atoms with Gasteiger partial charge in [0.2, 0.25) is 21.1 Å². The van der Waals surface area contributed by atoms with E-state index in [1.807, 2.05) is 19.1 Å². The van der Waals surface area contributed by atoms with Crippen LogP contribution in [0.25, 0.3) is 0 Å². The maximum Gasteiger partial charge on any atom is 0.246 e. The Morgan fingerprint density at radius 2 is 2.04 bits per heavy atom. The number of aromatic nitrogens is 2. The van der Waals surface area contributed by atoms with Crippen molar-refractivity contribution in [1.82, 2.24) is 10.2 Å². The van der Waals surface area contributed by atoms with Crippen molar-refractivity contribution in [2.75, 3.05) is 28.2 Å². The van der Waals surface area contributed by atoms with Gasteiger partial charge in [-0.05, 0) is 24.1 Å². The summed E-state index contributed by atoms with van der Waals surface area (Å²) in [5.74, 6) is 0.212. The first-order valence-corrected chi connectivity index (χ1v) is 11.4. The zero-order valence-electron chi connectivity index (χ0n) is 14.5. The number of nitrogens with one attached hydrogen (secondary N) is 1. The van der Waals surface area contributed by atoms with Gasteiger partial charge >= 0.3 is 0 Å². The third kappa shape index (κ3) is 5.82. The van der Waals surface area contributed by atoms with E-state index in [9.17, 15) is 13.2 Å². The van der Waals surface area contributed by atoms with Crippen LogP contribution in [0.2, 0.25) is 0 Å². The van der Waals surface area contributed by atoms with Crippen LogP contribution in [0, 0.1) is 0 Å². The van der Waals surface area contributed by atoms with Gasteiger partial charge in [0.15, 0.2) is 4.34 Å². The fourth-order valence-electron chi connectivity index (χ4n) is 2.04. The molecule has 0 spiro atoms. The van der Waals surface area contributed by atoms with Crippen LogP contribution in [0.5, 0.6) is 0 Å². The van der Waals surface area contributed by atoms with Gasteiger partial charge in [-0.25, -0.2) is 8.42 Å². The summed E-state index contributed by atoms with van der Waals surface area (Å²) in [6.07, 6.45) is 3.67. The highest BCUT2D eigenvalue weighted by atomic mass is 32.2. The van der Waals surface area contributed by atoms with Crippen molar-refractivity contribution in [1.29, 1.82) is 0 Å². The van der Waals surface area contributed by atoms with Crippen molar-refractivity contribution >= 4 is 49.8 Å². The molecule has 26 heavy (non-hydrogen) atoms. The molecule has 0 aliphatic rings. The molecular formula is C16H20N4O3S3. The Morgan fingerprint density at radius 1 is 1.35 bits per heavy atom. The van der Waals surface area contributed by atoms with Gasteiger partial charge < -0.3 is 0 Å². The van der Waals surface area contributed by atoms with Crippen molar-refractivity contribution in [2.45, 2.75) is 17.7 Å². The predicted molar refractivity (Wildman–Crippen MR) is 107 cm³/mol. The Kier molecular flexibility index (Phi) is 7.18. The van der Waals surface area contributed by atoms with Crippen LogP contribution in [0.15, 0.2) is 41.3 Å². The zero-order valence-corrected chi connectivity index (χ0v) is 17.0. The average Bonchev–Trinajstić information content (AvgIpc) is 3.04. The Balaban J connectivity index is 2.09. The number of benzene rings is 1. The van der Waals surface area contributed by atoms with Gasteiger partial charge in [0.05, 0.1) is 11.9 Å². The molecule has 0 bridgehead atoms. The smallest absolute Gasteiger partial charge is 0.246 e. The Hall–Kier alpha value is -1.91. The lowest BCUT2D eigenvalue weighted by Gasteiger charge is -2.21. The van der Waals surface area contributed by atoms with E-state index in [4.69, 9.17) is 0 Å². The standard InChI is InChI=1S/C16H20N4O3S3/c1-4-10-24-16-19-18-15(25-16)17-14(21)11-20(26(3,22)23)13-8-6-12(5-2)7-9-13/h4,6-9H,1,5,10-11H2,2-3H3,(H,17,18,21). The number of sulfonamides is 1.